The van der Waals surface area contributed by atoms with Crippen LogP contribution in [0.5, 0.6) is 0 Å². The summed E-state index contributed by atoms with van der Waals surface area (Å²) in [7, 11) is 2.22. The fourth-order valence-corrected chi connectivity index (χ4v) is 3.94. The minimum Gasteiger partial charge on any atom is -0.349 e. The predicted octanol–water partition coefficient (Wildman–Crippen LogP) is 3.97. The smallest absolute Gasteiger partial charge is 0.202 e. The molecule has 2 heterocycles. The average Bonchev–Trinajstić information content (AvgIpc) is 2.84. The minimum atomic E-state index is 0.414. The maximum absolute atomic E-state index is 3.64. The Hall–Kier alpha value is -1.83. The number of aryl methyl sites for hydroxylation is 2. The van der Waals surface area contributed by atoms with Crippen LogP contribution in [0.4, 0.5) is 0 Å². The number of nitrogens with one attached hydrogen (secondary N) is 1. The number of fused-ring (bicyclic) bond motifs is 5. The first-order chi connectivity index (χ1) is 9.98. The lowest BCUT2D eigenvalue weighted by Gasteiger charge is -2.29. The molecule has 0 spiro atoms. The Balaban J connectivity index is 2.17. The molecule has 0 aliphatic heterocycles. The third kappa shape index (κ3) is 1.75. The van der Waals surface area contributed by atoms with Crippen LogP contribution >= 0.6 is 0 Å². The largest absolute Gasteiger partial charge is 0.349 e. The molecule has 3 aromatic rings. The lowest BCUT2D eigenvalue weighted by Crippen LogP contribution is -2.42. The number of H-pyrrole nitrogens is 1. The van der Waals surface area contributed by atoms with Crippen LogP contribution in [0.15, 0.2) is 24.3 Å². The first kappa shape index (κ1) is 12.9. The van der Waals surface area contributed by atoms with E-state index in [4.69, 9.17) is 0 Å². The summed E-state index contributed by atoms with van der Waals surface area (Å²) in [5, 5.41) is 2.85. The minimum absolute atomic E-state index is 0.414. The van der Waals surface area contributed by atoms with Gasteiger partial charge in [-0.15, -0.1) is 0 Å². The molecule has 0 atom stereocenters. The Labute approximate surface area is 125 Å². The van der Waals surface area contributed by atoms with Gasteiger partial charge in [-0.3, -0.25) is 0 Å². The van der Waals surface area contributed by atoms with Gasteiger partial charge in [-0.05, 0) is 24.3 Å². The number of benzene rings is 1. The van der Waals surface area contributed by atoms with Gasteiger partial charge in [-0.25, -0.2) is 4.57 Å². The second-order valence-electron chi connectivity index (χ2n) is 7.33. The van der Waals surface area contributed by atoms with Gasteiger partial charge in [0.1, 0.15) is 12.6 Å². The van der Waals surface area contributed by atoms with E-state index in [1.54, 1.807) is 5.56 Å². The Morgan fingerprint density at radius 2 is 1.95 bits per heavy atom. The number of aromatic nitrogens is 2. The van der Waals surface area contributed by atoms with Crippen molar-refractivity contribution in [3.05, 3.63) is 41.2 Å². The SMILES string of the molecule is Cc1c2[nH]c3ccccc3c2c2c([n+]1C)CC(C)(C)CC2. The zero-order valence-corrected chi connectivity index (χ0v) is 13.4. The first-order valence-electron chi connectivity index (χ1n) is 7.89. The fourth-order valence-electron chi connectivity index (χ4n) is 3.94. The van der Waals surface area contributed by atoms with Crippen molar-refractivity contribution in [1.82, 2.24) is 4.98 Å². The van der Waals surface area contributed by atoms with Gasteiger partial charge in [-0.2, -0.15) is 0 Å². The quantitative estimate of drug-likeness (QED) is 0.601. The number of pyridine rings is 1. The molecule has 2 nitrogen and oxygen atoms in total. The molecule has 0 radical (unpaired) electrons. The summed E-state index contributed by atoms with van der Waals surface area (Å²) in [5.41, 5.74) is 7.43. The number of para-hydroxylation sites is 1. The molecule has 0 amide bonds. The van der Waals surface area contributed by atoms with E-state index in [0.717, 1.165) is 0 Å². The van der Waals surface area contributed by atoms with E-state index >= 15 is 0 Å². The van der Waals surface area contributed by atoms with Crippen molar-refractivity contribution >= 4 is 21.8 Å². The van der Waals surface area contributed by atoms with Crippen molar-refractivity contribution in [3.8, 4) is 0 Å². The number of hydrogen-bond donors (Lipinski definition) is 1. The molecule has 1 N–H and O–H groups in total. The van der Waals surface area contributed by atoms with E-state index in [2.05, 4.69) is 61.6 Å². The molecule has 2 aromatic heterocycles. The molecule has 108 valence electrons. The van der Waals surface area contributed by atoms with Gasteiger partial charge < -0.3 is 4.98 Å². The first-order valence-corrected chi connectivity index (χ1v) is 7.89. The molecule has 4 rings (SSSR count). The van der Waals surface area contributed by atoms with E-state index < -0.39 is 0 Å². The highest BCUT2D eigenvalue weighted by Gasteiger charge is 2.34. The van der Waals surface area contributed by atoms with Crippen molar-refractivity contribution in [1.29, 1.82) is 0 Å². The van der Waals surface area contributed by atoms with Crippen LogP contribution in [0.1, 0.15) is 37.2 Å². The van der Waals surface area contributed by atoms with Crippen LogP contribution in [0, 0.1) is 12.3 Å². The summed E-state index contributed by atoms with van der Waals surface area (Å²) >= 11 is 0. The normalized spacial score (nSPS) is 17.3. The van der Waals surface area contributed by atoms with E-state index in [-0.39, 0.29) is 0 Å². The Morgan fingerprint density at radius 1 is 1.19 bits per heavy atom. The third-order valence-corrected chi connectivity index (χ3v) is 5.32. The van der Waals surface area contributed by atoms with Gasteiger partial charge in [-0.1, -0.05) is 32.0 Å². The summed E-state index contributed by atoms with van der Waals surface area (Å²) in [4.78, 5) is 3.64. The Kier molecular flexibility index (Phi) is 2.51. The second kappa shape index (κ2) is 4.09. The molecule has 1 aliphatic rings. The number of aromatic amines is 1. The summed E-state index contributed by atoms with van der Waals surface area (Å²) in [5.74, 6) is 0. The molecule has 21 heavy (non-hydrogen) atoms. The van der Waals surface area contributed by atoms with E-state index in [1.807, 2.05) is 0 Å². The van der Waals surface area contributed by atoms with Crippen LogP contribution in [-0.2, 0) is 19.9 Å². The maximum Gasteiger partial charge on any atom is 0.202 e. The lowest BCUT2D eigenvalue weighted by atomic mass is 9.75. The summed E-state index contributed by atoms with van der Waals surface area (Å²) in [6.45, 7) is 7.02. The van der Waals surface area contributed by atoms with Crippen LogP contribution in [0.2, 0.25) is 0 Å². The highest BCUT2D eigenvalue weighted by Crippen LogP contribution is 2.39. The fraction of sp³-hybridized carbons (Fsp3) is 0.421. The van der Waals surface area contributed by atoms with Crippen LogP contribution in [0.25, 0.3) is 21.8 Å². The zero-order chi connectivity index (χ0) is 14.8. The third-order valence-electron chi connectivity index (χ3n) is 5.32. The molecule has 0 saturated carbocycles. The van der Waals surface area contributed by atoms with Gasteiger partial charge in [0.25, 0.3) is 0 Å². The predicted molar refractivity (Wildman–Crippen MR) is 87.5 cm³/mol. The molecule has 0 unspecified atom stereocenters. The highest BCUT2D eigenvalue weighted by molar-refractivity contribution is 6.09. The molecule has 1 aromatic carbocycles. The topological polar surface area (TPSA) is 19.7 Å². The van der Waals surface area contributed by atoms with Gasteiger partial charge in [0.2, 0.25) is 5.69 Å². The molecule has 2 heteroatoms. The number of nitrogens with zero attached hydrogens (tertiary/aromatic N) is 1. The highest BCUT2D eigenvalue weighted by atomic mass is 15.0. The monoisotopic (exact) mass is 279 g/mol. The molecular weight excluding hydrogens is 256 g/mol. The van der Waals surface area contributed by atoms with E-state index in [0.29, 0.717) is 5.41 Å². The van der Waals surface area contributed by atoms with Crippen LogP contribution < -0.4 is 4.57 Å². The summed E-state index contributed by atoms with van der Waals surface area (Å²) < 4.78 is 2.41. The molecule has 0 bridgehead atoms. The number of rotatable bonds is 0. The second-order valence-corrected chi connectivity index (χ2v) is 7.33. The standard InChI is InChI=1S/C19H22N2/c1-12-18-17(13-7-5-6-8-15(13)20-18)14-9-10-19(2,3)11-16(14)21(12)4/h5-8H,9-11H2,1-4H3/p+1. The summed E-state index contributed by atoms with van der Waals surface area (Å²) in [6, 6.07) is 8.71. The molecular formula is C19H23N2+. The Morgan fingerprint density at radius 3 is 2.76 bits per heavy atom. The van der Waals surface area contributed by atoms with Gasteiger partial charge in [0.05, 0.1) is 0 Å². The van der Waals surface area contributed by atoms with Gasteiger partial charge >= 0.3 is 0 Å². The number of hydrogen-bond acceptors (Lipinski definition) is 0. The average molecular weight is 279 g/mol. The van der Waals surface area contributed by atoms with Crippen molar-refractivity contribution in [2.24, 2.45) is 12.5 Å². The van der Waals surface area contributed by atoms with Gasteiger partial charge in [0, 0.05) is 35.2 Å². The van der Waals surface area contributed by atoms with Crippen LogP contribution in [0.3, 0.4) is 0 Å². The van der Waals surface area contributed by atoms with Crippen LogP contribution in [-0.4, -0.2) is 4.98 Å². The maximum atomic E-state index is 3.64. The van der Waals surface area contributed by atoms with Crippen molar-refractivity contribution in [2.75, 3.05) is 0 Å². The summed E-state index contributed by atoms with van der Waals surface area (Å²) in [6.07, 6.45) is 3.64. The van der Waals surface area contributed by atoms with E-state index in [9.17, 15) is 0 Å². The van der Waals surface area contributed by atoms with Crippen molar-refractivity contribution in [3.63, 3.8) is 0 Å². The van der Waals surface area contributed by atoms with Gasteiger partial charge in [0.15, 0.2) is 5.69 Å². The molecule has 1 aliphatic carbocycles. The van der Waals surface area contributed by atoms with Crippen molar-refractivity contribution < 1.29 is 4.57 Å². The van der Waals surface area contributed by atoms with E-state index in [1.165, 1.54) is 52.5 Å². The Bertz CT molecular complexity index is 868. The molecule has 0 fully saturated rings. The zero-order valence-electron chi connectivity index (χ0n) is 13.4. The molecule has 0 saturated heterocycles. The lowest BCUT2D eigenvalue weighted by molar-refractivity contribution is -0.685. The van der Waals surface area contributed by atoms with Crippen molar-refractivity contribution in [2.45, 2.75) is 40.0 Å².